The third-order valence-electron chi connectivity index (χ3n) is 3.26. The molecule has 104 valence electrons. The van der Waals surface area contributed by atoms with Crippen LogP contribution in [0.3, 0.4) is 0 Å². The molecule has 1 saturated heterocycles. The topological polar surface area (TPSA) is 110 Å². The molecule has 0 aromatic heterocycles. The van der Waals surface area contributed by atoms with E-state index in [-0.39, 0.29) is 17.8 Å². The van der Waals surface area contributed by atoms with E-state index in [0.29, 0.717) is 12.0 Å². The van der Waals surface area contributed by atoms with Crippen LogP contribution < -0.4 is 0 Å². The average molecular weight is 293 g/mol. The quantitative estimate of drug-likeness (QED) is 0.623. The van der Waals surface area contributed by atoms with Crippen molar-refractivity contribution in [3.05, 3.63) is 44.0 Å². The molecule has 1 unspecified atom stereocenters. The molecule has 0 N–H and O–H groups in total. The maximum Gasteiger partial charge on any atom is 0.279 e. The van der Waals surface area contributed by atoms with Crippen LogP contribution in [0.1, 0.15) is 18.4 Å². The zero-order chi connectivity index (χ0) is 14.8. The summed E-state index contributed by atoms with van der Waals surface area (Å²) in [6.45, 7) is 0. The molecule has 0 amide bonds. The summed E-state index contributed by atoms with van der Waals surface area (Å²) >= 11 is 1.50. The van der Waals surface area contributed by atoms with Gasteiger partial charge in [0, 0.05) is 18.1 Å². The lowest BCUT2D eigenvalue weighted by Crippen LogP contribution is -2.22. The Morgan fingerprint density at radius 2 is 2.10 bits per heavy atom. The second-order valence-electron chi connectivity index (χ2n) is 4.56. The Balaban J connectivity index is 2.39. The number of hydrogen-bond acceptors (Lipinski definition) is 6. The first-order valence-corrected chi connectivity index (χ1v) is 6.93. The van der Waals surface area contributed by atoms with Crippen molar-refractivity contribution in [3.63, 3.8) is 0 Å². The van der Waals surface area contributed by atoms with Gasteiger partial charge in [0.05, 0.1) is 22.0 Å². The number of non-ortho nitro benzene ring substituents is 1. The Morgan fingerprint density at radius 3 is 2.60 bits per heavy atom. The maximum absolute atomic E-state index is 11.1. The Morgan fingerprint density at radius 1 is 1.35 bits per heavy atom. The third-order valence-corrected chi connectivity index (χ3v) is 4.74. The molecule has 0 aliphatic carbocycles. The minimum absolute atomic E-state index is 0.239. The lowest BCUT2D eigenvalue weighted by molar-refractivity contribution is -0.394. The van der Waals surface area contributed by atoms with Crippen molar-refractivity contribution >= 4 is 23.1 Å². The Hall–Kier alpha value is -2.14. The summed E-state index contributed by atoms with van der Waals surface area (Å²) in [5, 5.41) is 31.0. The van der Waals surface area contributed by atoms with Gasteiger partial charge in [0.25, 0.3) is 11.4 Å². The van der Waals surface area contributed by atoms with Gasteiger partial charge in [-0.15, -0.1) is 11.8 Å². The first kappa shape index (κ1) is 14.3. The molecular weight excluding hydrogens is 282 g/mol. The van der Waals surface area contributed by atoms with E-state index in [1.54, 1.807) is 0 Å². The number of thioether (sulfide) groups is 1. The van der Waals surface area contributed by atoms with Gasteiger partial charge in [-0.3, -0.25) is 20.2 Å². The summed E-state index contributed by atoms with van der Waals surface area (Å²) in [4.78, 5) is 20.4. The minimum atomic E-state index is -0.666. The smallest absolute Gasteiger partial charge is 0.258 e. The zero-order valence-corrected chi connectivity index (χ0v) is 11.3. The molecule has 1 aliphatic heterocycles. The van der Waals surface area contributed by atoms with Gasteiger partial charge in [-0.25, -0.2) is 0 Å². The molecule has 1 atom stereocenters. The van der Waals surface area contributed by atoms with Crippen molar-refractivity contribution in [2.24, 2.45) is 0 Å². The van der Waals surface area contributed by atoms with Gasteiger partial charge in [-0.2, -0.15) is 5.26 Å². The Kier molecular flexibility index (Phi) is 3.90. The molecule has 20 heavy (non-hydrogen) atoms. The van der Waals surface area contributed by atoms with Crippen LogP contribution in [0.4, 0.5) is 11.4 Å². The summed E-state index contributed by atoms with van der Waals surface area (Å²) in [6, 6.07) is 5.82. The van der Waals surface area contributed by atoms with E-state index in [4.69, 9.17) is 0 Å². The summed E-state index contributed by atoms with van der Waals surface area (Å²) in [6.07, 6.45) is 1.82. The van der Waals surface area contributed by atoms with E-state index in [1.165, 1.54) is 23.9 Å². The predicted molar refractivity (Wildman–Crippen MR) is 73.5 cm³/mol. The second kappa shape index (κ2) is 5.46. The number of nitriles is 1. The van der Waals surface area contributed by atoms with Gasteiger partial charge >= 0.3 is 0 Å². The highest BCUT2D eigenvalue weighted by Crippen LogP contribution is 2.42. The van der Waals surface area contributed by atoms with Crippen molar-refractivity contribution in [2.75, 3.05) is 5.75 Å². The van der Waals surface area contributed by atoms with Gasteiger partial charge in [-0.05, 0) is 24.7 Å². The van der Waals surface area contributed by atoms with Crippen LogP contribution in [-0.2, 0) is 6.42 Å². The van der Waals surface area contributed by atoms with Gasteiger partial charge in [0.1, 0.15) is 4.75 Å². The van der Waals surface area contributed by atoms with Crippen LogP contribution >= 0.6 is 11.8 Å². The normalized spacial score (nSPS) is 21.4. The van der Waals surface area contributed by atoms with Crippen molar-refractivity contribution < 1.29 is 9.85 Å². The summed E-state index contributed by atoms with van der Waals surface area (Å²) in [5.41, 5.74) is -0.233. The third kappa shape index (κ3) is 2.72. The fourth-order valence-electron chi connectivity index (χ4n) is 2.26. The fraction of sp³-hybridized carbons (Fsp3) is 0.417. The molecule has 7 nitrogen and oxygen atoms in total. The average Bonchev–Trinajstić information content (AvgIpc) is 2.88. The summed E-state index contributed by atoms with van der Waals surface area (Å²) in [7, 11) is 0. The first-order valence-electron chi connectivity index (χ1n) is 5.94. The monoisotopic (exact) mass is 293 g/mol. The molecule has 0 spiro atoms. The van der Waals surface area contributed by atoms with Gasteiger partial charge in [-0.1, -0.05) is 0 Å². The Bertz CT molecular complexity index is 605. The maximum atomic E-state index is 11.1. The van der Waals surface area contributed by atoms with Crippen LogP contribution in [0.5, 0.6) is 0 Å². The molecule has 0 bridgehead atoms. The lowest BCUT2D eigenvalue weighted by atomic mass is 9.94. The lowest BCUT2D eigenvalue weighted by Gasteiger charge is -2.18. The van der Waals surface area contributed by atoms with Crippen molar-refractivity contribution in [1.29, 1.82) is 5.26 Å². The summed E-state index contributed by atoms with van der Waals surface area (Å²) < 4.78 is -0.652. The van der Waals surface area contributed by atoms with E-state index >= 15 is 0 Å². The van der Waals surface area contributed by atoms with Crippen LogP contribution in [-0.4, -0.2) is 20.3 Å². The largest absolute Gasteiger partial charge is 0.279 e. The number of nitro groups is 2. The first-order chi connectivity index (χ1) is 9.47. The van der Waals surface area contributed by atoms with Gasteiger partial charge in [0.15, 0.2) is 0 Å². The van der Waals surface area contributed by atoms with Crippen LogP contribution in [0.25, 0.3) is 0 Å². The number of hydrogen-bond donors (Lipinski definition) is 0. The molecule has 0 radical (unpaired) electrons. The van der Waals surface area contributed by atoms with Crippen molar-refractivity contribution in [2.45, 2.75) is 24.0 Å². The molecule has 1 heterocycles. The molecular formula is C12H11N3O4S. The van der Waals surface area contributed by atoms with E-state index in [9.17, 15) is 25.5 Å². The number of nitro benzene ring substituents is 2. The van der Waals surface area contributed by atoms with E-state index in [1.807, 2.05) is 0 Å². The van der Waals surface area contributed by atoms with Gasteiger partial charge < -0.3 is 0 Å². The highest BCUT2D eigenvalue weighted by molar-refractivity contribution is 8.01. The van der Waals surface area contributed by atoms with E-state index in [0.717, 1.165) is 18.2 Å². The van der Waals surface area contributed by atoms with Gasteiger partial charge in [0.2, 0.25) is 0 Å². The molecule has 8 heteroatoms. The van der Waals surface area contributed by atoms with E-state index in [2.05, 4.69) is 6.07 Å². The SMILES string of the molecule is N#CC1(Cc2ccc([N+](=O)[O-])cc2[N+](=O)[O-])CCCS1. The number of benzene rings is 1. The van der Waals surface area contributed by atoms with Crippen LogP contribution in [0.2, 0.25) is 0 Å². The van der Waals surface area contributed by atoms with Crippen LogP contribution in [0, 0.1) is 31.6 Å². The second-order valence-corrected chi connectivity index (χ2v) is 6.04. The molecule has 1 aromatic carbocycles. The van der Waals surface area contributed by atoms with E-state index < -0.39 is 14.6 Å². The Labute approximate surface area is 118 Å². The molecule has 2 rings (SSSR count). The molecule has 1 fully saturated rings. The molecule has 1 aliphatic rings. The predicted octanol–water partition coefficient (Wildman–Crippen LogP) is 2.83. The fourth-order valence-corrected chi connectivity index (χ4v) is 3.55. The molecule has 1 aromatic rings. The highest BCUT2D eigenvalue weighted by atomic mass is 32.2. The number of nitrogens with zero attached hydrogens (tertiary/aromatic N) is 3. The number of rotatable bonds is 4. The van der Waals surface area contributed by atoms with Crippen molar-refractivity contribution in [3.8, 4) is 6.07 Å². The highest BCUT2D eigenvalue weighted by Gasteiger charge is 2.37. The van der Waals surface area contributed by atoms with Crippen LogP contribution in [0.15, 0.2) is 18.2 Å². The molecule has 0 saturated carbocycles. The zero-order valence-electron chi connectivity index (χ0n) is 10.4. The van der Waals surface area contributed by atoms with Crippen molar-refractivity contribution in [1.82, 2.24) is 0 Å². The summed E-state index contributed by atoms with van der Waals surface area (Å²) in [5.74, 6) is 0.855. The minimum Gasteiger partial charge on any atom is -0.258 e. The standard InChI is InChI=1S/C12H11N3O4S/c13-8-12(4-1-5-20-12)7-9-2-3-10(14(16)17)6-11(9)15(18)19/h2-3,6H,1,4-5,7H2.